The number of thiazole rings is 1. The normalized spacial score (nSPS) is 16.9. The number of nitrogens with zero attached hydrogens (tertiary/aromatic N) is 4. The number of anilines is 1. The first kappa shape index (κ1) is 28.0. The molecule has 0 spiro atoms. The summed E-state index contributed by atoms with van der Waals surface area (Å²) in [7, 11) is -3.57. The SMILES string of the molecule is CCN(CC)CCN(C(=O)c1ccc(S(=O)(=O)N2CCCC(C)C2)cc1)c1nc2ccc(SC)cc2s1. The van der Waals surface area contributed by atoms with Gasteiger partial charge in [0.05, 0.1) is 15.1 Å². The second-order valence-corrected chi connectivity index (χ2v) is 13.3. The highest BCUT2D eigenvalue weighted by Crippen LogP contribution is 2.32. The molecule has 1 aromatic heterocycles. The highest BCUT2D eigenvalue weighted by molar-refractivity contribution is 7.98. The highest BCUT2D eigenvalue weighted by atomic mass is 32.2. The summed E-state index contributed by atoms with van der Waals surface area (Å²) in [5.74, 6) is 0.177. The molecule has 1 atom stereocenters. The van der Waals surface area contributed by atoms with Gasteiger partial charge in [-0.3, -0.25) is 9.69 Å². The first-order valence-electron chi connectivity index (χ1n) is 12.9. The molecule has 200 valence electrons. The maximum atomic E-state index is 13.8. The fourth-order valence-corrected chi connectivity index (χ4v) is 7.78. The molecule has 2 aromatic carbocycles. The van der Waals surface area contributed by atoms with Crippen LogP contribution in [-0.2, 0) is 10.0 Å². The molecule has 0 N–H and O–H groups in total. The molecule has 0 bridgehead atoms. The predicted octanol–water partition coefficient (Wildman–Crippen LogP) is 5.43. The number of fused-ring (bicyclic) bond motifs is 1. The third-order valence-electron chi connectivity index (χ3n) is 6.95. The van der Waals surface area contributed by atoms with Crippen molar-refractivity contribution >= 4 is 54.4 Å². The monoisotopic (exact) mass is 560 g/mol. The largest absolute Gasteiger partial charge is 0.302 e. The van der Waals surface area contributed by atoms with Gasteiger partial charge in [0, 0.05) is 36.6 Å². The average molecular weight is 561 g/mol. The summed E-state index contributed by atoms with van der Waals surface area (Å²) in [4.78, 5) is 23.9. The number of likely N-dealkylation sites (N-methyl/N-ethyl adjacent to an activating group) is 1. The topological polar surface area (TPSA) is 73.8 Å². The van der Waals surface area contributed by atoms with E-state index < -0.39 is 10.0 Å². The summed E-state index contributed by atoms with van der Waals surface area (Å²) >= 11 is 3.19. The van der Waals surface area contributed by atoms with E-state index in [0.717, 1.165) is 47.6 Å². The third-order valence-corrected chi connectivity index (χ3v) is 10.6. The number of piperidine rings is 1. The van der Waals surface area contributed by atoms with E-state index in [4.69, 9.17) is 4.98 Å². The van der Waals surface area contributed by atoms with Crippen LogP contribution in [0.5, 0.6) is 0 Å². The van der Waals surface area contributed by atoms with Crippen molar-refractivity contribution in [2.45, 2.75) is 43.4 Å². The lowest BCUT2D eigenvalue weighted by atomic mass is 10.0. The van der Waals surface area contributed by atoms with Gasteiger partial charge >= 0.3 is 0 Å². The summed E-state index contributed by atoms with van der Waals surface area (Å²) < 4.78 is 29.0. The van der Waals surface area contributed by atoms with Gasteiger partial charge in [-0.1, -0.05) is 32.1 Å². The van der Waals surface area contributed by atoms with Crippen molar-refractivity contribution in [2.24, 2.45) is 5.92 Å². The highest BCUT2D eigenvalue weighted by Gasteiger charge is 2.29. The number of sulfonamides is 1. The van der Waals surface area contributed by atoms with Gasteiger partial charge in [-0.05, 0) is 80.6 Å². The Morgan fingerprint density at radius 2 is 1.86 bits per heavy atom. The van der Waals surface area contributed by atoms with E-state index in [0.29, 0.717) is 36.2 Å². The predicted molar refractivity (Wildman–Crippen MR) is 154 cm³/mol. The molecule has 0 radical (unpaired) electrons. The standard InChI is InChI=1S/C27H36N4O3S3/c1-5-29(6-2)16-17-31(27-28-24-14-11-22(35-4)18-25(24)36-27)26(32)21-9-12-23(13-10-21)37(33,34)30-15-7-8-20(3)19-30/h9-14,18,20H,5-8,15-17,19H2,1-4H3. The van der Waals surface area contributed by atoms with Gasteiger partial charge in [0.25, 0.3) is 5.91 Å². The molecule has 2 heterocycles. The zero-order chi connectivity index (χ0) is 26.6. The van der Waals surface area contributed by atoms with E-state index in [1.165, 1.54) is 11.3 Å². The van der Waals surface area contributed by atoms with E-state index in [-0.39, 0.29) is 10.8 Å². The minimum absolute atomic E-state index is 0.174. The van der Waals surface area contributed by atoms with Crippen LogP contribution in [0.1, 0.15) is 44.0 Å². The number of thioether (sulfide) groups is 1. The second kappa shape index (κ2) is 12.3. The van der Waals surface area contributed by atoms with Crippen molar-refractivity contribution in [3.8, 4) is 0 Å². The van der Waals surface area contributed by atoms with Crippen LogP contribution in [0.15, 0.2) is 52.3 Å². The molecule has 1 aliphatic heterocycles. The number of aromatic nitrogens is 1. The summed E-state index contributed by atoms with van der Waals surface area (Å²) in [6, 6.07) is 12.5. The van der Waals surface area contributed by atoms with Crippen LogP contribution in [0.3, 0.4) is 0 Å². The summed E-state index contributed by atoms with van der Waals surface area (Å²) in [5, 5.41) is 0.657. The van der Waals surface area contributed by atoms with E-state index in [9.17, 15) is 13.2 Å². The molecule has 3 aromatic rings. The lowest BCUT2D eigenvalue weighted by Crippen LogP contribution is -2.39. The molecule has 7 nitrogen and oxygen atoms in total. The molecule has 0 aliphatic carbocycles. The lowest BCUT2D eigenvalue weighted by molar-refractivity contribution is 0.0983. The van der Waals surface area contributed by atoms with Gasteiger partial charge in [0.1, 0.15) is 0 Å². The van der Waals surface area contributed by atoms with Crippen LogP contribution in [0, 0.1) is 5.92 Å². The van der Waals surface area contributed by atoms with Crippen molar-refractivity contribution in [1.29, 1.82) is 0 Å². The van der Waals surface area contributed by atoms with E-state index in [1.807, 2.05) is 18.4 Å². The maximum absolute atomic E-state index is 13.8. The number of hydrogen-bond donors (Lipinski definition) is 0. The first-order valence-corrected chi connectivity index (χ1v) is 16.3. The van der Waals surface area contributed by atoms with Crippen molar-refractivity contribution in [2.75, 3.05) is 50.4 Å². The molecule has 10 heteroatoms. The zero-order valence-electron chi connectivity index (χ0n) is 22.0. The van der Waals surface area contributed by atoms with Crippen LogP contribution in [0.4, 0.5) is 5.13 Å². The molecule has 1 fully saturated rings. The van der Waals surface area contributed by atoms with Gasteiger partial charge in [-0.15, -0.1) is 11.8 Å². The molecular formula is C27H36N4O3S3. The molecule has 1 amide bonds. The fraction of sp³-hybridized carbons (Fsp3) is 0.481. The van der Waals surface area contributed by atoms with Crippen LogP contribution < -0.4 is 4.90 Å². The Morgan fingerprint density at radius 3 is 2.51 bits per heavy atom. The van der Waals surface area contributed by atoms with Crippen molar-refractivity contribution in [1.82, 2.24) is 14.2 Å². The zero-order valence-corrected chi connectivity index (χ0v) is 24.5. The van der Waals surface area contributed by atoms with Gasteiger partial charge in [0.2, 0.25) is 10.0 Å². The second-order valence-electron chi connectivity index (χ2n) is 9.45. The number of amides is 1. The van der Waals surface area contributed by atoms with E-state index >= 15 is 0 Å². The molecule has 1 unspecified atom stereocenters. The Bertz CT molecular complexity index is 1320. The molecule has 1 saturated heterocycles. The van der Waals surface area contributed by atoms with Crippen LogP contribution in [-0.4, -0.2) is 74.0 Å². The fourth-order valence-electron chi connectivity index (χ4n) is 4.64. The summed E-state index contributed by atoms with van der Waals surface area (Å²) in [6.45, 7) is 10.4. The average Bonchev–Trinajstić information content (AvgIpc) is 3.34. The number of benzene rings is 2. The van der Waals surface area contributed by atoms with Gasteiger partial charge < -0.3 is 4.90 Å². The molecule has 0 saturated carbocycles. The third kappa shape index (κ3) is 6.37. The van der Waals surface area contributed by atoms with E-state index in [2.05, 4.69) is 31.7 Å². The minimum atomic E-state index is -3.57. The quantitative estimate of drug-likeness (QED) is 0.308. The lowest BCUT2D eigenvalue weighted by Gasteiger charge is -2.30. The van der Waals surface area contributed by atoms with Gasteiger partial charge in [-0.25, -0.2) is 13.4 Å². The van der Waals surface area contributed by atoms with Crippen LogP contribution in [0.2, 0.25) is 0 Å². The summed E-state index contributed by atoms with van der Waals surface area (Å²) in [5.41, 5.74) is 1.32. The molecular weight excluding hydrogens is 525 g/mol. The smallest absolute Gasteiger partial charge is 0.260 e. The Morgan fingerprint density at radius 1 is 1.14 bits per heavy atom. The van der Waals surface area contributed by atoms with Crippen LogP contribution >= 0.6 is 23.1 Å². The Hall–Kier alpha value is -1.98. The van der Waals surface area contributed by atoms with Crippen LogP contribution in [0.25, 0.3) is 10.2 Å². The van der Waals surface area contributed by atoms with Crippen molar-refractivity contribution in [3.63, 3.8) is 0 Å². The number of hydrogen-bond acceptors (Lipinski definition) is 7. The Kier molecular flexibility index (Phi) is 9.29. The van der Waals surface area contributed by atoms with Gasteiger partial charge in [-0.2, -0.15) is 4.31 Å². The van der Waals surface area contributed by atoms with E-state index in [1.54, 1.807) is 45.2 Å². The van der Waals surface area contributed by atoms with Crippen molar-refractivity contribution < 1.29 is 13.2 Å². The number of carbonyl (C=O) groups is 1. The Balaban J connectivity index is 1.61. The molecule has 4 rings (SSSR count). The Labute approximate surface area is 228 Å². The van der Waals surface area contributed by atoms with Gasteiger partial charge in [0.15, 0.2) is 5.13 Å². The molecule has 37 heavy (non-hydrogen) atoms. The maximum Gasteiger partial charge on any atom is 0.260 e. The molecule has 1 aliphatic rings. The minimum Gasteiger partial charge on any atom is -0.302 e. The van der Waals surface area contributed by atoms with Crippen molar-refractivity contribution in [3.05, 3.63) is 48.0 Å². The summed E-state index contributed by atoms with van der Waals surface area (Å²) in [6.07, 6.45) is 3.96. The number of carbonyl (C=O) groups excluding carboxylic acids is 1. The number of rotatable bonds is 10. The first-order chi connectivity index (χ1) is 17.8.